The van der Waals surface area contributed by atoms with Gasteiger partial charge in [0.25, 0.3) is 0 Å². The van der Waals surface area contributed by atoms with Gasteiger partial charge < -0.3 is 14.2 Å². The van der Waals surface area contributed by atoms with Crippen molar-refractivity contribution >= 4 is 27.5 Å². The number of para-hydroxylation sites is 1. The summed E-state index contributed by atoms with van der Waals surface area (Å²) in [4.78, 5) is 11.3. The molecule has 0 bridgehead atoms. The summed E-state index contributed by atoms with van der Waals surface area (Å²) in [7, 11) is 0. The number of benzene rings is 3. The minimum absolute atomic E-state index is 0. The molecule has 0 radical (unpaired) electrons. The van der Waals surface area contributed by atoms with Gasteiger partial charge >= 0.3 is 21.1 Å². The first kappa shape index (κ1) is 22.5. The third kappa shape index (κ3) is 4.06. The molecule has 1 aliphatic rings. The zero-order chi connectivity index (χ0) is 23.2. The van der Waals surface area contributed by atoms with Crippen LogP contribution in [0.4, 0.5) is 5.69 Å². The number of ether oxygens (including phenoxy) is 1. The van der Waals surface area contributed by atoms with Crippen molar-refractivity contribution in [2.24, 2.45) is 0 Å². The number of hydrogen-bond donors (Lipinski definition) is 0. The zero-order valence-electron chi connectivity index (χ0n) is 19.2. The van der Waals surface area contributed by atoms with Gasteiger partial charge in [-0.25, -0.2) is 21.1 Å². The molecule has 3 aromatic heterocycles. The zero-order valence-corrected chi connectivity index (χ0v) is 21.4. The van der Waals surface area contributed by atoms with Crippen LogP contribution in [0.2, 0.25) is 0 Å². The predicted molar refractivity (Wildman–Crippen MR) is 138 cm³/mol. The Balaban J connectivity index is 0.00000240. The molecule has 176 valence electrons. The van der Waals surface area contributed by atoms with E-state index < -0.39 is 0 Å². The van der Waals surface area contributed by atoms with Crippen molar-refractivity contribution in [2.45, 2.75) is 0 Å². The van der Waals surface area contributed by atoms with Crippen molar-refractivity contribution in [3.8, 4) is 28.6 Å². The summed E-state index contributed by atoms with van der Waals surface area (Å²) in [6.07, 6.45) is 3.60. The predicted octanol–water partition coefficient (Wildman–Crippen LogP) is 6.45. The van der Waals surface area contributed by atoms with E-state index in [1.165, 1.54) is 11.1 Å². The molecule has 7 rings (SSSR count). The van der Waals surface area contributed by atoms with Gasteiger partial charge in [0, 0.05) is 54.6 Å². The van der Waals surface area contributed by atoms with Crippen molar-refractivity contribution in [1.29, 1.82) is 0 Å². The Hall–Kier alpha value is -3.95. The van der Waals surface area contributed by atoms with Crippen molar-refractivity contribution in [1.82, 2.24) is 14.5 Å². The molecule has 4 heterocycles. The second-order valence-electron chi connectivity index (χ2n) is 8.54. The minimum atomic E-state index is 0. The number of nitrogens with zero attached hydrogens (tertiary/aromatic N) is 4. The molecular weight excluding hydrogens is 627 g/mol. The van der Waals surface area contributed by atoms with Crippen LogP contribution in [0, 0.1) is 12.1 Å². The van der Waals surface area contributed by atoms with E-state index >= 15 is 0 Å². The number of anilines is 1. The molecule has 1 fully saturated rings. The molecule has 0 amide bonds. The Kier molecular flexibility index (Phi) is 5.78. The fourth-order valence-corrected chi connectivity index (χ4v) is 4.51. The van der Waals surface area contributed by atoms with Gasteiger partial charge in [0.05, 0.1) is 0 Å². The van der Waals surface area contributed by atoms with Gasteiger partial charge in [-0.3, -0.25) is 0 Å². The summed E-state index contributed by atoms with van der Waals surface area (Å²) in [5, 5.41) is 2.32. The molecule has 36 heavy (non-hydrogen) atoms. The summed E-state index contributed by atoms with van der Waals surface area (Å²) >= 11 is 0. The maximum Gasteiger partial charge on any atom is 2.00 e. The van der Waals surface area contributed by atoms with Gasteiger partial charge in [0.2, 0.25) is 5.88 Å². The second-order valence-corrected chi connectivity index (χ2v) is 8.54. The monoisotopic (exact) mass is 647 g/mol. The second kappa shape index (κ2) is 9.25. The molecule has 6 heteroatoms. The number of rotatable bonds is 5. The number of aromatic nitrogens is 3. The van der Waals surface area contributed by atoms with E-state index in [0.717, 1.165) is 46.5 Å². The first-order chi connectivity index (χ1) is 17.3. The van der Waals surface area contributed by atoms with Crippen LogP contribution in [-0.4, -0.2) is 27.6 Å². The number of fused-ring (bicyclic) bond motifs is 3. The van der Waals surface area contributed by atoms with E-state index in [9.17, 15) is 0 Å². The first-order valence-electron chi connectivity index (χ1n) is 11.6. The van der Waals surface area contributed by atoms with Crippen LogP contribution < -0.4 is 9.64 Å². The van der Waals surface area contributed by atoms with E-state index in [4.69, 9.17) is 9.72 Å². The molecule has 5 nitrogen and oxygen atoms in total. The summed E-state index contributed by atoms with van der Waals surface area (Å²) in [5.41, 5.74) is 5.15. The van der Waals surface area contributed by atoms with Crippen LogP contribution in [0.5, 0.6) is 11.6 Å². The van der Waals surface area contributed by atoms with E-state index in [1.54, 1.807) is 6.20 Å². The SMILES string of the molecule is [Pt+2].[c-]1c(Oc2ccccn2)cccc1-c1[c-]c2c(cc1)c1ccccc1n2-c1cc(N2CC2)ccn1. The van der Waals surface area contributed by atoms with Gasteiger partial charge in [-0.2, -0.15) is 24.3 Å². The molecule has 1 saturated heterocycles. The van der Waals surface area contributed by atoms with Crippen LogP contribution in [0.3, 0.4) is 0 Å². The molecule has 6 aromatic rings. The van der Waals surface area contributed by atoms with Crippen LogP contribution in [-0.2, 0) is 21.1 Å². The fourth-order valence-electron chi connectivity index (χ4n) is 4.51. The number of pyridine rings is 2. The minimum Gasteiger partial charge on any atom is -0.460 e. The normalized spacial score (nSPS) is 12.5. The standard InChI is InChI=1S/C30H20N4O.Pt/c1-2-9-27-25(8-1)26-12-11-22(21-6-5-7-24(18-21)35-30-10-3-4-14-32-30)19-28(26)34(27)29-20-23(13-15-31-29)33-16-17-33;/h1-15,20H,16-17H2;/q-2;+2. The van der Waals surface area contributed by atoms with E-state index in [-0.39, 0.29) is 21.1 Å². The average molecular weight is 648 g/mol. The maximum absolute atomic E-state index is 5.91. The Morgan fingerprint density at radius 3 is 2.44 bits per heavy atom. The number of hydrogen-bond acceptors (Lipinski definition) is 4. The van der Waals surface area contributed by atoms with Crippen LogP contribution in [0.15, 0.2) is 97.3 Å². The van der Waals surface area contributed by atoms with Crippen LogP contribution in [0.1, 0.15) is 0 Å². The molecule has 0 atom stereocenters. The first-order valence-corrected chi connectivity index (χ1v) is 11.6. The smallest absolute Gasteiger partial charge is 0.460 e. The topological polar surface area (TPSA) is 43.0 Å². The summed E-state index contributed by atoms with van der Waals surface area (Å²) in [6.45, 7) is 2.19. The van der Waals surface area contributed by atoms with E-state index in [1.807, 2.05) is 42.6 Å². The van der Waals surface area contributed by atoms with Gasteiger partial charge in [0.15, 0.2) is 0 Å². The van der Waals surface area contributed by atoms with Crippen molar-refractivity contribution in [2.75, 3.05) is 18.0 Å². The fraction of sp³-hybridized carbons (Fsp3) is 0.0667. The molecule has 0 unspecified atom stereocenters. The van der Waals surface area contributed by atoms with Gasteiger partial charge in [-0.1, -0.05) is 29.7 Å². The molecule has 0 aliphatic carbocycles. The van der Waals surface area contributed by atoms with Gasteiger partial charge in [-0.05, 0) is 29.1 Å². The Labute approximate surface area is 223 Å². The molecule has 1 aliphatic heterocycles. The Morgan fingerprint density at radius 2 is 1.58 bits per heavy atom. The molecule has 0 saturated carbocycles. The molecule has 3 aromatic carbocycles. The third-order valence-corrected chi connectivity index (χ3v) is 6.26. The largest absolute Gasteiger partial charge is 2.00 e. The quantitative estimate of drug-likeness (QED) is 0.159. The van der Waals surface area contributed by atoms with Crippen molar-refractivity contribution in [3.63, 3.8) is 0 Å². The average Bonchev–Trinajstić information content (AvgIpc) is 3.71. The molecular formula is C30H20N4OPt. The van der Waals surface area contributed by atoms with E-state index in [0.29, 0.717) is 11.6 Å². The Bertz CT molecular complexity index is 1690. The van der Waals surface area contributed by atoms with Crippen LogP contribution in [0.25, 0.3) is 38.8 Å². The molecule has 0 N–H and O–H groups in total. The summed E-state index contributed by atoms with van der Waals surface area (Å²) in [6, 6.07) is 35.4. The van der Waals surface area contributed by atoms with Gasteiger partial charge in [-0.15, -0.1) is 18.2 Å². The van der Waals surface area contributed by atoms with E-state index in [2.05, 4.69) is 75.1 Å². The van der Waals surface area contributed by atoms with Crippen LogP contribution >= 0.6 is 0 Å². The van der Waals surface area contributed by atoms with Crippen molar-refractivity contribution in [3.05, 3.63) is 109 Å². The summed E-state index contributed by atoms with van der Waals surface area (Å²) in [5.74, 6) is 2.05. The van der Waals surface area contributed by atoms with Gasteiger partial charge in [0.1, 0.15) is 5.82 Å². The molecule has 0 spiro atoms. The maximum atomic E-state index is 5.91. The Morgan fingerprint density at radius 1 is 0.722 bits per heavy atom. The third-order valence-electron chi connectivity index (χ3n) is 6.26. The summed E-state index contributed by atoms with van der Waals surface area (Å²) < 4.78 is 8.11. The van der Waals surface area contributed by atoms with Crippen molar-refractivity contribution < 1.29 is 25.8 Å².